The maximum absolute atomic E-state index is 5.94. The predicted molar refractivity (Wildman–Crippen MR) is 101 cm³/mol. The Morgan fingerprint density at radius 1 is 1.17 bits per heavy atom. The van der Waals surface area contributed by atoms with Crippen LogP contribution in [0.1, 0.15) is 35.8 Å². The molecule has 1 N–H and O–H groups in total. The molecule has 0 bridgehead atoms. The van der Waals surface area contributed by atoms with E-state index in [4.69, 9.17) is 11.6 Å². The second-order valence-corrected chi connectivity index (χ2v) is 7.45. The highest BCUT2D eigenvalue weighted by molar-refractivity contribution is 7.19. The number of fused-ring (bicyclic) bond motifs is 3. The average molecular weight is 357 g/mol. The summed E-state index contributed by atoms with van der Waals surface area (Å²) in [6.07, 6.45) is 6.38. The highest BCUT2D eigenvalue weighted by atomic mass is 35.5. The van der Waals surface area contributed by atoms with Crippen molar-refractivity contribution in [2.75, 3.05) is 5.43 Å². The fourth-order valence-electron chi connectivity index (χ4n) is 3.07. The van der Waals surface area contributed by atoms with Crippen LogP contribution in [0.4, 0.5) is 5.82 Å². The average Bonchev–Trinajstić information content (AvgIpc) is 2.99. The summed E-state index contributed by atoms with van der Waals surface area (Å²) in [6.45, 7) is 1.97. The summed E-state index contributed by atoms with van der Waals surface area (Å²) < 4.78 is 0. The van der Waals surface area contributed by atoms with E-state index in [9.17, 15) is 0 Å². The van der Waals surface area contributed by atoms with E-state index in [0.29, 0.717) is 0 Å². The van der Waals surface area contributed by atoms with Gasteiger partial charge in [0.15, 0.2) is 5.82 Å². The van der Waals surface area contributed by atoms with Gasteiger partial charge in [0.05, 0.1) is 11.1 Å². The zero-order valence-corrected chi connectivity index (χ0v) is 14.9. The van der Waals surface area contributed by atoms with E-state index in [0.717, 1.165) is 45.2 Å². The Morgan fingerprint density at radius 2 is 1.96 bits per heavy atom. The Balaban J connectivity index is 1.68. The van der Waals surface area contributed by atoms with Crippen molar-refractivity contribution in [2.45, 2.75) is 32.6 Å². The van der Waals surface area contributed by atoms with Crippen LogP contribution in [0.2, 0.25) is 5.02 Å². The van der Waals surface area contributed by atoms with Crippen molar-refractivity contribution in [2.24, 2.45) is 5.10 Å². The number of hydrazone groups is 1. The number of hydrogen-bond donors (Lipinski definition) is 1. The van der Waals surface area contributed by atoms with Crippen LogP contribution in [0.25, 0.3) is 10.2 Å². The first-order chi connectivity index (χ1) is 11.7. The van der Waals surface area contributed by atoms with Crippen LogP contribution in [0.3, 0.4) is 0 Å². The van der Waals surface area contributed by atoms with E-state index in [1.807, 2.05) is 31.2 Å². The third kappa shape index (κ3) is 2.89. The minimum atomic E-state index is 0.724. The summed E-state index contributed by atoms with van der Waals surface area (Å²) in [5.74, 6) is 0.799. The molecule has 1 aliphatic carbocycles. The van der Waals surface area contributed by atoms with Gasteiger partial charge in [0.25, 0.3) is 0 Å². The molecule has 6 heteroatoms. The van der Waals surface area contributed by atoms with Gasteiger partial charge in [0.2, 0.25) is 0 Å². The summed E-state index contributed by atoms with van der Waals surface area (Å²) in [5.41, 5.74) is 6.48. The highest BCUT2D eigenvalue weighted by Gasteiger charge is 2.19. The van der Waals surface area contributed by atoms with Crippen LogP contribution in [-0.4, -0.2) is 15.7 Å². The molecule has 24 heavy (non-hydrogen) atoms. The highest BCUT2D eigenvalue weighted by Crippen LogP contribution is 2.38. The molecule has 0 spiro atoms. The van der Waals surface area contributed by atoms with Crippen LogP contribution in [0.15, 0.2) is 35.7 Å². The first-order valence-electron chi connectivity index (χ1n) is 8.04. The quantitative estimate of drug-likeness (QED) is 0.527. The summed E-state index contributed by atoms with van der Waals surface area (Å²) in [5, 5.41) is 6.38. The number of nitrogens with one attached hydrogen (secondary N) is 1. The molecule has 0 radical (unpaired) electrons. The molecule has 122 valence electrons. The molecule has 3 aromatic rings. The Bertz CT molecular complexity index is 915. The Hall–Kier alpha value is -1.98. The maximum Gasteiger partial charge on any atom is 0.158 e. The van der Waals surface area contributed by atoms with Gasteiger partial charge in [-0.05, 0) is 55.9 Å². The lowest BCUT2D eigenvalue weighted by molar-refractivity contribution is 0.700. The molecule has 1 aliphatic rings. The molecule has 4 rings (SSSR count). The molecule has 0 unspecified atom stereocenters. The summed E-state index contributed by atoms with van der Waals surface area (Å²) in [6, 6.07) is 7.66. The van der Waals surface area contributed by atoms with Gasteiger partial charge >= 0.3 is 0 Å². The van der Waals surface area contributed by atoms with Gasteiger partial charge in [0, 0.05) is 9.90 Å². The molecule has 2 heterocycles. The number of hydrogen-bond acceptors (Lipinski definition) is 5. The van der Waals surface area contributed by atoms with Gasteiger partial charge in [-0.3, -0.25) is 5.43 Å². The maximum atomic E-state index is 5.94. The fourth-order valence-corrected chi connectivity index (χ4v) is 4.42. The van der Waals surface area contributed by atoms with Crippen molar-refractivity contribution >= 4 is 44.7 Å². The van der Waals surface area contributed by atoms with E-state index in [1.54, 1.807) is 17.7 Å². The Kier molecular flexibility index (Phi) is 4.21. The molecule has 0 fully saturated rings. The number of rotatable bonds is 3. The third-order valence-electron chi connectivity index (χ3n) is 4.34. The van der Waals surface area contributed by atoms with Crippen molar-refractivity contribution in [1.29, 1.82) is 0 Å². The lowest BCUT2D eigenvalue weighted by atomic mass is 9.97. The number of aryl methyl sites for hydroxylation is 2. The normalized spacial score (nSPS) is 14.7. The van der Waals surface area contributed by atoms with Crippen LogP contribution >= 0.6 is 22.9 Å². The second-order valence-electron chi connectivity index (χ2n) is 5.93. The zero-order valence-electron chi connectivity index (χ0n) is 13.3. The Labute approximate surface area is 149 Å². The van der Waals surface area contributed by atoms with Crippen molar-refractivity contribution in [3.63, 3.8) is 0 Å². The van der Waals surface area contributed by atoms with E-state index in [2.05, 4.69) is 20.5 Å². The summed E-state index contributed by atoms with van der Waals surface area (Å²) >= 11 is 7.73. The van der Waals surface area contributed by atoms with Gasteiger partial charge in [-0.25, -0.2) is 9.97 Å². The van der Waals surface area contributed by atoms with Gasteiger partial charge < -0.3 is 0 Å². The smallest absolute Gasteiger partial charge is 0.158 e. The zero-order chi connectivity index (χ0) is 16.5. The molecular formula is C18H17ClN4S. The minimum Gasteiger partial charge on any atom is -0.260 e. The monoisotopic (exact) mass is 356 g/mol. The van der Waals surface area contributed by atoms with E-state index in [1.165, 1.54) is 23.3 Å². The van der Waals surface area contributed by atoms with Gasteiger partial charge in [-0.15, -0.1) is 11.3 Å². The van der Waals surface area contributed by atoms with Crippen LogP contribution < -0.4 is 5.43 Å². The van der Waals surface area contributed by atoms with Crippen LogP contribution in [0, 0.1) is 0 Å². The van der Waals surface area contributed by atoms with Crippen molar-refractivity contribution in [3.8, 4) is 0 Å². The SMILES string of the molecule is C/C(=N/Nc1ncnc2sc3c(c12)CCCC3)c1ccc(Cl)cc1. The predicted octanol–water partition coefficient (Wildman–Crippen LogP) is 5.06. The lowest BCUT2D eigenvalue weighted by Crippen LogP contribution is -2.03. The van der Waals surface area contributed by atoms with Gasteiger partial charge in [-0.1, -0.05) is 23.7 Å². The molecule has 0 atom stereocenters. The third-order valence-corrected chi connectivity index (χ3v) is 5.79. The molecule has 2 aromatic heterocycles. The molecule has 0 saturated carbocycles. The summed E-state index contributed by atoms with van der Waals surface area (Å²) in [4.78, 5) is 11.4. The van der Waals surface area contributed by atoms with Crippen LogP contribution in [-0.2, 0) is 12.8 Å². The second kappa shape index (κ2) is 6.49. The Morgan fingerprint density at radius 3 is 2.79 bits per heavy atom. The van der Waals surface area contributed by atoms with E-state index >= 15 is 0 Å². The number of nitrogens with zero attached hydrogens (tertiary/aromatic N) is 3. The van der Waals surface area contributed by atoms with E-state index < -0.39 is 0 Å². The number of thiophene rings is 1. The lowest BCUT2D eigenvalue weighted by Gasteiger charge is -2.11. The molecule has 0 aliphatic heterocycles. The fraction of sp³-hybridized carbons (Fsp3) is 0.278. The molecular weight excluding hydrogens is 340 g/mol. The van der Waals surface area contributed by atoms with Gasteiger partial charge in [-0.2, -0.15) is 5.10 Å². The van der Waals surface area contributed by atoms with Gasteiger partial charge in [0.1, 0.15) is 11.2 Å². The molecule has 1 aromatic carbocycles. The number of benzene rings is 1. The summed E-state index contributed by atoms with van der Waals surface area (Å²) in [7, 11) is 0. The molecule has 4 nitrogen and oxygen atoms in total. The first kappa shape index (κ1) is 15.5. The minimum absolute atomic E-state index is 0.724. The molecule has 0 saturated heterocycles. The van der Waals surface area contributed by atoms with E-state index in [-0.39, 0.29) is 0 Å². The molecule has 0 amide bonds. The standard InChI is InChI=1S/C18H17ClN4S/c1-11(12-6-8-13(19)9-7-12)22-23-17-16-14-4-2-3-5-15(14)24-18(16)21-10-20-17/h6-10H,2-5H2,1H3,(H,20,21,23)/b22-11-. The van der Waals surface area contributed by atoms with Crippen molar-refractivity contribution < 1.29 is 0 Å². The number of halogens is 1. The topological polar surface area (TPSA) is 50.2 Å². The first-order valence-corrected chi connectivity index (χ1v) is 9.23. The number of anilines is 1. The van der Waals surface area contributed by atoms with Crippen molar-refractivity contribution in [3.05, 3.63) is 51.6 Å². The van der Waals surface area contributed by atoms with Crippen LogP contribution in [0.5, 0.6) is 0 Å². The number of aromatic nitrogens is 2. The largest absolute Gasteiger partial charge is 0.260 e. The van der Waals surface area contributed by atoms with Crippen molar-refractivity contribution in [1.82, 2.24) is 9.97 Å².